The van der Waals surface area contributed by atoms with Crippen LogP contribution < -0.4 is 22.8 Å². The van der Waals surface area contributed by atoms with E-state index < -0.39 is 6.85 Å². The summed E-state index contributed by atoms with van der Waals surface area (Å²) in [6.45, 7) is 38.7. The molecule has 0 saturated heterocycles. The molecule has 0 radical (unpaired) electrons. The van der Waals surface area contributed by atoms with Crippen molar-refractivity contribution in [2.24, 2.45) is 35.2 Å². The Kier molecular flexibility index (Phi) is 20.7. The standard InChI is InChI=1S/5C16H20N/c2*1-11-6-9-15(13(3)10-11)16-12(2)7-8-14(4)17(16)5;2*1-11-6-7-12(2)15(10-11)16-13(3)8-9-14(4)17(16)5;1-11-7-6-8-12(2)15(11)16-13(3)9-10-14(4)17(16)5/h5*6-10H,1-5H3/q5*+1/i1D3;;;;. The highest BCUT2D eigenvalue weighted by atomic mass is 15.0. The van der Waals surface area contributed by atoms with Crippen molar-refractivity contribution in [3.05, 3.63) is 264 Å². The van der Waals surface area contributed by atoms with Gasteiger partial charge in [0, 0.05) is 119 Å². The first-order valence-corrected chi connectivity index (χ1v) is 30.0. The summed E-state index contributed by atoms with van der Waals surface area (Å²) in [5.74, 6) is 0. The molecule has 0 atom stereocenters. The lowest BCUT2D eigenvalue weighted by Gasteiger charge is -2.11. The van der Waals surface area contributed by atoms with Crippen molar-refractivity contribution in [2.75, 3.05) is 0 Å². The van der Waals surface area contributed by atoms with Crippen LogP contribution >= 0.6 is 0 Å². The second kappa shape index (κ2) is 28.6. The van der Waals surface area contributed by atoms with E-state index in [4.69, 9.17) is 4.11 Å². The van der Waals surface area contributed by atoms with Crippen molar-refractivity contribution >= 4 is 0 Å². The van der Waals surface area contributed by atoms with E-state index in [1.54, 1.807) is 12.1 Å². The number of aromatic nitrogens is 5. The molecule has 0 bridgehead atoms. The Morgan fingerprint density at radius 2 is 0.482 bits per heavy atom. The maximum atomic E-state index is 7.49. The molecule has 5 aromatic heterocycles. The molecule has 0 N–H and O–H groups in total. The van der Waals surface area contributed by atoms with Crippen LogP contribution in [0.25, 0.3) is 56.3 Å². The van der Waals surface area contributed by atoms with Crippen LogP contribution in [-0.4, -0.2) is 0 Å². The Balaban J connectivity index is 0.000000176. The molecule has 0 unspecified atom stereocenters. The van der Waals surface area contributed by atoms with E-state index in [-0.39, 0.29) is 0 Å². The van der Waals surface area contributed by atoms with Gasteiger partial charge in [-0.1, -0.05) is 89.0 Å². The van der Waals surface area contributed by atoms with E-state index in [0.29, 0.717) is 5.56 Å². The molecule has 10 aromatic rings. The summed E-state index contributed by atoms with van der Waals surface area (Å²) in [7, 11) is 10.6. The highest BCUT2D eigenvalue weighted by molar-refractivity contribution is 5.69. The largest absolute Gasteiger partial charge is 0.215 e. The highest BCUT2D eigenvalue weighted by Crippen LogP contribution is 2.30. The topological polar surface area (TPSA) is 19.4 Å². The predicted octanol–water partition coefficient (Wildman–Crippen LogP) is 17.1. The van der Waals surface area contributed by atoms with Crippen LogP contribution in [0.2, 0.25) is 0 Å². The molecule has 5 heterocycles. The monoisotopic (exact) mass is 1130 g/mol. The molecule has 0 spiro atoms. The zero-order chi connectivity index (χ0) is 65.4. The number of benzene rings is 5. The first kappa shape index (κ1) is 61.4. The lowest BCUT2D eigenvalue weighted by Crippen LogP contribution is -2.35. The minimum Gasteiger partial charge on any atom is -0.198 e. The smallest absolute Gasteiger partial charge is 0.198 e. The molecular weight excluding hydrogens is 1030 g/mol. The van der Waals surface area contributed by atoms with E-state index >= 15 is 0 Å². The number of pyridine rings is 5. The fourth-order valence-corrected chi connectivity index (χ4v) is 11.5. The summed E-state index contributed by atoms with van der Waals surface area (Å²) in [6.07, 6.45) is 0. The minimum atomic E-state index is -2.05. The zero-order valence-electron chi connectivity index (χ0n) is 59.2. The van der Waals surface area contributed by atoms with Gasteiger partial charge in [-0.15, -0.1) is 0 Å². The molecule has 5 nitrogen and oxygen atoms in total. The lowest BCUT2D eigenvalue weighted by molar-refractivity contribution is -0.667. The van der Waals surface area contributed by atoms with Gasteiger partial charge in [0.15, 0.2) is 28.5 Å². The molecule has 10 rings (SSSR count). The third kappa shape index (κ3) is 15.6. The Bertz CT molecular complexity index is 4060. The molecule has 0 fully saturated rings. The van der Waals surface area contributed by atoms with Crippen LogP contribution in [0.3, 0.4) is 0 Å². The SMILES string of the molecule is Cc1ccc(-c2c(C)ccc(C)[n+]2C)c(C)c1.Cc1ccc(C)c(-c2c(C)ccc(C)[n+]2C)c1.Cc1ccc(C)c(-c2c(C)ccc(C)[n+]2C)c1.Cc1cccc(C)c1-c1c(C)ccc(C)[n+]1C.[2H]C([2H])([2H])c1ccc(-c2c(C)ccc(C)[n+]2C)c(C)c1. The van der Waals surface area contributed by atoms with Crippen LogP contribution in [0.5, 0.6) is 0 Å². The van der Waals surface area contributed by atoms with Crippen molar-refractivity contribution in [2.45, 2.75) is 138 Å². The Morgan fingerprint density at radius 3 is 0.812 bits per heavy atom. The van der Waals surface area contributed by atoms with Crippen LogP contribution in [0.15, 0.2) is 152 Å². The van der Waals surface area contributed by atoms with Gasteiger partial charge in [-0.05, 0) is 192 Å². The third-order valence-electron chi connectivity index (χ3n) is 17.2. The molecule has 0 aliphatic carbocycles. The zero-order valence-corrected chi connectivity index (χ0v) is 56.2. The van der Waals surface area contributed by atoms with Gasteiger partial charge in [0.25, 0.3) is 0 Å². The number of nitrogens with zero attached hydrogens (tertiary/aromatic N) is 5. The number of rotatable bonds is 5. The van der Waals surface area contributed by atoms with Crippen molar-refractivity contribution in [1.29, 1.82) is 0 Å². The van der Waals surface area contributed by atoms with Gasteiger partial charge in [0.2, 0.25) is 28.5 Å². The molecule has 0 aliphatic rings. The van der Waals surface area contributed by atoms with Crippen molar-refractivity contribution < 1.29 is 26.9 Å². The molecule has 85 heavy (non-hydrogen) atoms. The average molecular weight is 1130 g/mol. The summed E-state index contributed by atoms with van der Waals surface area (Å²) in [6, 6.07) is 53.5. The normalized spacial score (nSPS) is 11.3. The second-order valence-electron chi connectivity index (χ2n) is 24.1. The van der Waals surface area contributed by atoms with Crippen molar-refractivity contribution in [3.63, 3.8) is 0 Å². The van der Waals surface area contributed by atoms with Gasteiger partial charge >= 0.3 is 0 Å². The minimum absolute atomic E-state index is 0.395. The van der Waals surface area contributed by atoms with Gasteiger partial charge < -0.3 is 0 Å². The van der Waals surface area contributed by atoms with E-state index in [1.807, 2.05) is 20.0 Å². The third-order valence-corrected chi connectivity index (χ3v) is 17.2. The Labute approximate surface area is 517 Å². The fraction of sp³-hybridized carbons (Fsp3) is 0.312. The average Bonchev–Trinajstić information content (AvgIpc) is 2.76. The number of hydrogen-bond acceptors (Lipinski definition) is 0. The van der Waals surface area contributed by atoms with Gasteiger partial charge in [0.1, 0.15) is 35.2 Å². The van der Waals surface area contributed by atoms with Crippen molar-refractivity contribution in [1.82, 2.24) is 0 Å². The van der Waals surface area contributed by atoms with E-state index in [0.717, 1.165) is 16.8 Å². The fourth-order valence-electron chi connectivity index (χ4n) is 11.5. The molecule has 0 saturated carbocycles. The first-order chi connectivity index (χ1) is 41.2. The lowest BCUT2D eigenvalue weighted by atomic mass is 9.96. The maximum Gasteiger partial charge on any atom is 0.215 e. The van der Waals surface area contributed by atoms with Crippen LogP contribution in [0, 0.1) is 138 Å². The summed E-state index contributed by atoms with van der Waals surface area (Å²) >= 11 is 0. The molecule has 0 aliphatic heterocycles. The quantitative estimate of drug-likeness (QED) is 0.153. The summed E-state index contributed by atoms with van der Waals surface area (Å²) < 4.78 is 33.7. The molecule has 5 heteroatoms. The van der Waals surface area contributed by atoms with Crippen LogP contribution in [0.4, 0.5) is 0 Å². The number of hydrogen-bond donors (Lipinski definition) is 0. The van der Waals surface area contributed by atoms with Gasteiger partial charge in [-0.3, -0.25) is 0 Å². The first-order valence-electron chi connectivity index (χ1n) is 31.5. The molecule has 5 aromatic carbocycles. The summed E-state index contributed by atoms with van der Waals surface area (Å²) in [4.78, 5) is 0. The molecule has 440 valence electrons. The van der Waals surface area contributed by atoms with Gasteiger partial charge in [0.05, 0.1) is 5.56 Å². The van der Waals surface area contributed by atoms with E-state index in [9.17, 15) is 0 Å². The predicted molar refractivity (Wildman–Crippen MR) is 360 cm³/mol. The van der Waals surface area contributed by atoms with E-state index in [1.165, 1.54) is 146 Å². The van der Waals surface area contributed by atoms with Crippen LogP contribution in [0.1, 0.15) is 116 Å². The van der Waals surface area contributed by atoms with Gasteiger partial charge in [-0.25, -0.2) is 0 Å². The molecular formula is C80H100N5+5. The maximum absolute atomic E-state index is 7.49. The Hall–Kier alpha value is -8.15. The number of aryl methyl sites for hydroxylation is 20. The van der Waals surface area contributed by atoms with Gasteiger partial charge in [-0.2, -0.15) is 22.8 Å². The molecule has 0 amide bonds. The van der Waals surface area contributed by atoms with Crippen LogP contribution in [-0.2, 0) is 35.2 Å². The second-order valence-corrected chi connectivity index (χ2v) is 24.1. The Morgan fingerprint density at radius 1 is 0.224 bits per heavy atom. The van der Waals surface area contributed by atoms with Crippen molar-refractivity contribution in [3.8, 4) is 56.3 Å². The summed E-state index contributed by atoms with van der Waals surface area (Å²) in [5, 5.41) is 0. The summed E-state index contributed by atoms with van der Waals surface area (Å²) in [5.41, 5.74) is 37.7. The van der Waals surface area contributed by atoms with E-state index in [2.05, 4.69) is 309 Å². The highest BCUT2D eigenvalue weighted by Gasteiger charge is 2.23.